The Hall–Kier alpha value is -1.26. The summed E-state index contributed by atoms with van der Waals surface area (Å²) in [5.74, 6) is 2.63. The van der Waals surface area contributed by atoms with Gasteiger partial charge in [0.05, 0.1) is 6.54 Å². The van der Waals surface area contributed by atoms with Crippen molar-refractivity contribution in [2.24, 2.45) is 4.99 Å². The summed E-state index contributed by atoms with van der Waals surface area (Å²) in [6.07, 6.45) is 8.68. The standard InChI is InChI=1S/C25H38N4O3.HI/c1-2-26-24(28-20-9-12-29(16-20)21-5-3-4-6-21)27-17-25(10-13-30-14-11-25)19-7-8-22-23(15-19)32-18-31-22;/h7-8,15,20-21H,2-6,9-14,16-18H2,1H3,(H2,26,27,28);1H. The van der Waals surface area contributed by atoms with E-state index in [1.165, 1.54) is 44.2 Å². The molecule has 7 nitrogen and oxygen atoms in total. The molecule has 1 aromatic rings. The van der Waals surface area contributed by atoms with Crippen molar-refractivity contribution in [3.63, 3.8) is 0 Å². The Balaban J connectivity index is 0.00000259. The van der Waals surface area contributed by atoms with Crippen molar-refractivity contribution in [1.82, 2.24) is 15.5 Å². The van der Waals surface area contributed by atoms with Crippen molar-refractivity contribution in [3.8, 4) is 11.5 Å². The Morgan fingerprint density at radius 1 is 1.12 bits per heavy atom. The molecule has 8 heteroatoms. The number of ether oxygens (including phenoxy) is 3. The third-order valence-electron chi connectivity index (χ3n) is 7.72. The van der Waals surface area contributed by atoms with Crippen molar-refractivity contribution >= 4 is 29.9 Å². The number of guanidine groups is 1. The van der Waals surface area contributed by atoms with Crippen LogP contribution in [0.5, 0.6) is 11.5 Å². The highest BCUT2D eigenvalue weighted by Crippen LogP contribution is 2.41. The Labute approximate surface area is 215 Å². The molecule has 1 aliphatic carbocycles. The maximum Gasteiger partial charge on any atom is 0.231 e. The predicted molar refractivity (Wildman–Crippen MR) is 141 cm³/mol. The van der Waals surface area contributed by atoms with Crippen LogP contribution in [-0.2, 0) is 10.2 Å². The summed E-state index contributed by atoms with van der Waals surface area (Å²) >= 11 is 0. The van der Waals surface area contributed by atoms with Gasteiger partial charge in [-0.1, -0.05) is 18.9 Å². The van der Waals surface area contributed by atoms with Crippen LogP contribution in [0.25, 0.3) is 0 Å². The van der Waals surface area contributed by atoms with E-state index in [0.29, 0.717) is 12.8 Å². The molecule has 0 radical (unpaired) electrons. The number of nitrogens with zero attached hydrogens (tertiary/aromatic N) is 2. The summed E-state index contributed by atoms with van der Waals surface area (Å²) in [6, 6.07) is 7.66. The van der Waals surface area contributed by atoms with E-state index in [-0.39, 0.29) is 29.4 Å². The van der Waals surface area contributed by atoms with Crippen LogP contribution in [0, 0.1) is 0 Å². The van der Waals surface area contributed by atoms with E-state index in [0.717, 1.165) is 69.2 Å². The molecule has 0 amide bonds. The third-order valence-corrected chi connectivity index (χ3v) is 7.72. The largest absolute Gasteiger partial charge is 0.454 e. The molecule has 1 aromatic carbocycles. The van der Waals surface area contributed by atoms with Crippen molar-refractivity contribution in [1.29, 1.82) is 0 Å². The van der Waals surface area contributed by atoms with Gasteiger partial charge in [-0.25, -0.2) is 0 Å². The first-order valence-corrected chi connectivity index (χ1v) is 12.5. The van der Waals surface area contributed by atoms with E-state index in [2.05, 4.69) is 34.6 Å². The van der Waals surface area contributed by atoms with Crippen LogP contribution in [-0.4, -0.2) is 69.1 Å². The van der Waals surface area contributed by atoms with Crippen LogP contribution in [0.15, 0.2) is 23.2 Å². The zero-order chi connectivity index (χ0) is 21.8. The SMILES string of the molecule is CCNC(=NCC1(c2ccc3c(c2)OCO3)CCOCC1)NC1CCN(C2CCCC2)C1.I. The molecule has 5 rings (SSSR count). The minimum Gasteiger partial charge on any atom is -0.454 e. The van der Waals surface area contributed by atoms with E-state index in [4.69, 9.17) is 19.2 Å². The first-order valence-electron chi connectivity index (χ1n) is 12.5. The predicted octanol–water partition coefficient (Wildman–Crippen LogP) is 3.65. The second kappa shape index (κ2) is 11.4. The van der Waals surface area contributed by atoms with Gasteiger partial charge in [0.25, 0.3) is 0 Å². The van der Waals surface area contributed by atoms with Gasteiger partial charge >= 0.3 is 0 Å². The van der Waals surface area contributed by atoms with Crippen LogP contribution in [0.2, 0.25) is 0 Å². The Kier molecular flexibility index (Phi) is 8.62. The Bertz CT molecular complexity index is 809. The minimum absolute atomic E-state index is 0. The quantitative estimate of drug-likeness (QED) is 0.309. The summed E-state index contributed by atoms with van der Waals surface area (Å²) in [4.78, 5) is 7.81. The van der Waals surface area contributed by atoms with Crippen molar-refractivity contribution in [3.05, 3.63) is 23.8 Å². The Morgan fingerprint density at radius 2 is 1.91 bits per heavy atom. The highest BCUT2D eigenvalue weighted by Gasteiger charge is 2.36. The fourth-order valence-corrected chi connectivity index (χ4v) is 5.78. The highest BCUT2D eigenvalue weighted by molar-refractivity contribution is 14.0. The summed E-state index contributed by atoms with van der Waals surface area (Å²) in [5, 5.41) is 7.23. The van der Waals surface area contributed by atoms with E-state index >= 15 is 0 Å². The molecule has 184 valence electrons. The number of hydrogen-bond donors (Lipinski definition) is 2. The maximum atomic E-state index is 5.72. The van der Waals surface area contributed by atoms with Gasteiger partial charge in [0, 0.05) is 50.3 Å². The molecule has 1 saturated carbocycles. The topological polar surface area (TPSA) is 67.4 Å². The molecule has 0 spiro atoms. The lowest BCUT2D eigenvalue weighted by Gasteiger charge is -2.37. The van der Waals surface area contributed by atoms with Crippen molar-refractivity contribution in [2.45, 2.75) is 69.4 Å². The molecule has 4 aliphatic rings. The lowest BCUT2D eigenvalue weighted by atomic mass is 9.74. The van der Waals surface area contributed by atoms with Crippen LogP contribution in [0.4, 0.5) is 0 Å². The van der Waals surface area contributed by atoms with Gasteiger partial charge in [-0.3, -0.25) is 9.89 Å². The van der Waals surface area contributed by atoms with Gasteiger partial charge < -0.3 is 24.8 Å². The molecule has 3 aliphatic heterocycles. The molecular formula is C25H39IN4O3. The van der Waals surface area contributed by atoms with Gasteiger partial charge in [-0.05, 0) is 56.7 Å². The van der Waals surface area contributed by atoms with Crippen LogP contribution >= 0.6 is 24.0 Å². The highest BCUT2D eigenvalue weighted by atomic mass is 127. The molecular weight excluding hydrogens is 531 g/mol. The zero-order valence-corrected chi connectivity index (χ0v) is 22.1. The number of aliphatic imine (C=N–C) groups is 1. The van der Waals surface area contributed by atoms with Gasteiger partial charge in [0.1, 0.15) is 0 Å². The maximum absolute atomic E-state index is 5.72. The summed E-state index contributed by atoms with van der Waals surface area (Å²) in [5.41, 5.74) is 1.24. The van der Waals surface area contributed by atoms with E-state index in [1.54, 1.807) is 0 Å². The van der Waals surface area contributed by atoms with Crippen molar-refractivity contribution < 1.29 is 14.2 Å². The van der Waals surface area contributed by atoms with E-state index in [9.17, 15) is 0 Å². The molecule has 3 fully saturated rings. The van der Waals surface area contributed by atoms with Gasteiger partial charge in [0.15, 0.2) is 17.5 Å². The number of halogens is 1. The lowest BCUT2D eigenvalue weighted by molar-refractivity contribution is 0.0530. The third kappa shape index (κ3) is 5.70. The smallest absolute Gasteiger partial charge is 0.231 e. The van der Waals surface area contributed by atoms with E-state index < -0.39 is 0 Å². The molecule has 1 unspecified atom stereocenters. The van der Waals surface area contributed by atoms with Gasteiger partial charge in [-0.15, -0.1) is 24.0 Å². The summed E-state index contributed by atoms with van der Waals surface area (Å²) < 4.78 is 16.9. The first kappa shape index (κ1) is 24.9. The average Bonchev–Trinajstić information content (AvgIpc) is 3.59. The van der Waals surface area contributed by atoms with Crippen LogP contribution in [0.3, 0.4) is 0 Å². The number of nitrogens with one attached hydrogen (secondary N) is 2. The van der Waals surface area contributed by atoms with Gasteiger partial charge in [-0.2, -0.15) is 0 Å². The van der Waals surface area contributed by atoms with Gasteiger partial charge in [0.2, 0.25) is 6.79 Å². The molecule has 0 aromatic heterocycles. The number of benzene rings is 1. The van der Waals surface area contributed by atoms with Crippen LogP contribution < -0.4 is 20.1 Å². The number of rotatable bonds is 6. The minimum atomic E-state index is -0.0346. The fourth-order valence-electron chi connectivity index (χ4n) is 5.78. The summed E-state index contributed by atoms with van der Waals surface area (Å²) in [7, 11) is 0. The zero-order valence-electron chi connectivity index (χ0n) is 19.8. The molecule has 33 heavy (non-hydrogen) atoms. The molecule has 2 N–H and O–H groups in total. The average molecular weight is 571 g/mol. The van der Waals surface area contributed by atoms with E-state index in [1.807, 2.05) is 6.07 Å². The monoisotopic (exact) mass is 570 g/mol. The number of fused-ring (bicyclic) bond motifs is 1. The van der Waals surface area contributed by atoms with Crippen LogP contribution in [0.1, 0.15) is 57.4 Å². The normalized spacial score (nSPS) is 25.1. The number of hydrogen-bond acceptors (Lipinski definition) is 5. The summed E-state index contributed by atoms with van der Waals surface area (Å²) in [6.45, 7) is 7.94. The molecule has 0 bridgehead atoms. The second-order valence-electron chi connectivity index (χ2n) is 9.72. The lowest BCUT2D eigenvalue weighted by Crippen LogP contribution is -2.46. The molecule has 1 atom stereocenters. The molecule has 2 saturated heterocycles. The molecule has 3 heterocycles. The first-order chi connectivity index (χ1) is 15.8. The number of likely N-dealkylation sites (tertiary alicyclic amines) is 1. The fraction of sp³-hybridized carbons (Fsp3) is 0.720. The second-order valence-corrected chi connectivity index (χ2v) is 9.72. The van der Waals surface area contributed by atoms with Crippen molar-refractivity contribution in [2.75, 3.05) is 46.2 Å². The Morgan fingerprint density at radius 3 is 2.70 bits per heavy atom.